The van der Waals surface area contributed by atoms with Crippen molar-refractivity contribution in [1.29, 1.82) is 0 Å². The molecule has 1 saturated heterocycles. The maximum atomic E-state index is 10.2. The lowest BCUT2D eigenvalue weighted by Crippen LogP contribution is -2.48. The third-order valence-corrected chi connectivity index (χ3v) is 6.28. The van der Waals surface area contributed by atoms with Crippen LogP contribution in [-0.2, 0) is 19.3 Å². The number of aryl methyl sites for hydroxylation is 1. The van der Waals surface area contributed by atoms with Crippen molar-refractivity contribution in [2.45, 2.75) is 38.2 Å². The molecule has 1 unspecified atom stereocenters. The van der Waals surface area contributed by atoms with Gasteiger partial charge in [-0.25, -0.2) is 0 Å². The fourth-order valence-corrected chi connectivity index (χ4v) is 4.68. The van der Waals surface area contributed by atoms with E-state index in [0.29, 0.717) is 0 Å². The lowest BCUT2D eigenvalue weighted by Gasteiger charge is -2.38. The molecule has 0 bridgehead atoms. The summed E-state index contributed by atoms with van der Waals surface area (Å²) < 4.78 is 0. The molecule has 0 amide bonds. The Morgan fingerprint density at radius 3 is 2.46 bits per heavy atom. The first kappa shape index (κ1) is 19.2. The van der Waals surface area contributed by atoms with Crippen LogP contribution in [0.1, 0.15) is 35.1 Å². The van der Waals surface area contributed by atoms with Crippen LogP contribution in [0.3, 0.4) is 0 Å². The van der Waals surface area contributed by atoms with E-state index in [1.807, 2.05) is 6.08 Å². The van der Waals surface area contributed by atoms with Gasteiger partial charge in [0.15, 0.2) is 0 Å². The van der Waals surface area contributed by atoms with Gasteiger partial charge in [-0.15, -0.1) is 6.58 Å². The van der Waals surface area contributed by atoms with Gasteiger partial charge in [0.2, 0.25) is 0 Å². The Morgan fingerprint density at radius 2 is 1.68 bits per heavy atom. The highest BCUT2D eigenvalue weighted by Gasteiger charge is 2.23. The van der Waals surface area contributed by atoms with Crippen LogP contribution in [0, 0.1) is 0 Å². The number of anilines is 1. The molecule has 3 heteroatoms. The van der Waals surface area contributed by atoms with Crippen molar-refractivity contribution in [1.82, 2.24) is 4.90 Å². The number of aliphatic hydroxyl groups is 1. The van der Waals surface area contributed by atoms with Gasteiger partial charge < -0.3 is 10.0 Å². The Balaban J connectivity index is 1.43. The fraction of sp³-hybridized carbons (Fsp3) is 0.440. The van der Waals surface area contributed by atoms with Gasteiger partial charge >= 0.3 is 0 Å². The van der Waals surface area contributed by atoms with Crippen LogP contribution in [0.25, 0.3) is 0 Å². The van der Waals surface area contributed by atoms with Gasteiger partial charge in [0.1, 0.15) is 0 Å². The number of piperazine rings is 1. The zero-order valence-corrected chi connectivity index (χ0v) is 16.8. The normalized spacial score (nSPS) is 18.1. The number of hydrogen-bond donors (Lipinski definition) is 1. The van der Waals surface area contributed by atoms with Gasteiger partial charge in [0, 0.05) is 38.4 Å². The van der Waals surface area contributed by atoms with Crippen LogP contribution >= 0.6 is 0 Å². The Morgan fingerprint density at radius 1 is 0.929 bits per heavy atom. The van der Waals surface area contributed by atoms with E-state index in [1.165, 1.54) is 27.9 Å². The molecule has 28 heavy (non-hydrogen) atoms. The van der Waals surface area contributed by atoms with Crippen molar-refractivity contribution >= 4 is 5.69 Å². The standard InChI is InChI=1S/C25H32N2O/c1-2-3-10-23(28)19-26-14-16-27(17-15-26)25-11-6-9-22-18-21-8-5-4-7-20(21)12-13-24(22)25/h2,4-9,11,23,28H,1,3,10,12-19H2. The smallest absolute Gasteiger partial charge is 0.0670 e. The molecule has 1 aliphatic carbocycles. The monoisotopic (exact) mass is 376 g/mol. The molecule has 1 heterocycles. The Kier molecular flexibility index (Phi) is 6.13. The molecule has 1 fully saturated rings. The van der Waals surface area contributed by atoms with E-state index in [1.54, 1.807) is 0 Å². The molecule has 4 rings (SSSR count). The van der Waals surface area contributed by atoms with Crippen LogP contribution in [0.15, 0.2) is 55.1 Å². The number of allylic oxidation sites excluding steroid dienone is 1. The van der Waals surface area contributed by atoms with E-state index in [-0.39, 0.29) is 6.10 Å². The van der Waals surface area contributed by atoms with E-state index in [2.05, 4.69) is 58.8 Å². The lowest BCUT2D eigenvalue weighted by molar-refractivity contribution is 0.103. The molecule has 0 radical (unpaired) electrons. The van der Waals surface area contributed by atoms with Crippen molar-refractivity contribution in [2.75, 3.05) is 37.6 Å². The largest absolute Gasteiger partial charge is 0.392 e. The van der Waals surface area contributed by atoms with Crippen molar-refractivity contribution in [3.8, 4) is 0 Å². The zero-order chi connectivity index (χ0) is 19.3. The number of β-amino-alcohol motifs (C(OH)–C–C–N with tert-alkyl or cyclic N) is 1. The number of benzene rings is 2. The van der Waals surface area contributed by atoms with Crippen LogP contribution < -0.4 is 4.90 Å². The van der Waals surface area contributed by atoms with Gasteiger partial charge in [0.05, 0.1) is 6.10 Å². The average Bonchev–Trinajstić information content (AvgIpc) is 2.92. The van der Waals surface area contributed by atoms with Crippen molar-refractivity contribution in [2.24, 2.45) is 0 Å². The van der Waals surface area contributed by atoms with Gasteiger partial charge in [-0.1, -0.05) is 42.5 Å². The molecule has 1 atom stereocenters. The van der Waals surface area contributed by atoms with Crippen molar-refractivity contribution in [3.63, 3.8) is 0 Å². The summed E-state index contributed by atoms with van der Waals surface area (Å²) >= 11 is 0. The molecule has 2 aliphatic rings. The molecule has 148 valence electrons. The summed E-state index contributed by atoms with van der Waals surface area (Å²) in [7, 11) is 0. The van der Waals surface area contributed by atoms with Crippen LogP contribution in [0.2, 0.25) is 0 Å². The van der Waals surface area contributed by atoms with E-state index in [0.717, 1.165) is 64.8 Å². The summed E-state index contributed by atoms with van der Waals surface area (Å²) in [4.78, 5) is 4.96. The number of aliphatic hydroxyl groups excluding tert-OH is 1. The minimum atomic E-state index is -0.240. The summed E-state index contributed by atoms with van der Waals surface area (Å²) in [5.74, 6) is 0. The van der Waals surface area contributed by atoms with Crippen LogP contribution in [-0.4, -0.2) is 48.8 Å². The molecule has 2 aromatic rings. The SMILES string of the molecule is C=CCCC(O)CN1CCN(c2cccc3c2CCc2ccccc2C3)CC1. The maximum Gasteiger partial charge on any atom is 0.0670 e. The van der Waals surface area contributed by atoms with Crippen LogP contribution in [0.5, 0.6) is 0 Å². The van der Waals surface area contributed by atoms with E-state index in [4.69, 9.17) is 0 Å². The molecule has 1 aliphatic heterocycles. The van der Waals surface area contributed by atoms with Gasteiger partial charge in [0.25, 0.3) is 0 Å². The van der Waals surface area contributed by atoms with E-state index in [9.17, 15) is 5.11 Å². The summed E-state index contributed by atoms with van der Waals surface area (Å²) in [6.07, 6.45) is 6.67. The highest BCUT2D eigenvalue weighted by molar-refractivity contribution is 5.59. The highest BCUT2D eigenvalue weighted by atomic mass is 16.3. The average molecular weight is 377 g/mol. The number of hydrogen-bond acceptors (Lipinski definition) is 3. The van der Waals surface area contributed by atoms with Gasteiger partial charge in [-0.05, 0) is 60.4 Å². The Hall–Kier alpha value is -2.10. The van der Waals surface area contributed by atoms with Gasteiger partial charge in [-0.3, -0.25) is 4.90 Å². The molecule has 0 saturated carbocycles. The fourth-order valence-electron chi connectivity index (χ4n) is 4.68. The second-order valence-corrected chi connectivity index (χ2v) is 8.17. The van der Waals surface area contributed by atoms with Crippen molar-refractivity contribution in [3.05, 3.63) is 77.4 Å². The zero-order valence-electron chi connectivity index (χ0n) is 16.8. The third-order valence-electron chi connectivity index (χ3n) is 6.28. The van der Waals surface area contributed by atoms with Crippen LogP contribution in [0.4, 0.5) is 5.69 Å². The summed E-state index contributed by atoms with van der Waals surface area (Å²) in [5.41, 5.74) is 7.44. The second-order valence-electron chi connectivity index (χ2n) is 8.17. The molecule has 0 spiro atoms. The topological polar surface area (TPSA) is 26.7 Å². The summed E-state index contributed by atoms with van der Waals surface area (Å²) in [6.45, 7) is 8.65. The number of nitrogens with zero attached hydrogens (tertiary/aromatic N) is 2. The first-order valence-corrected chi connectivity index (χ1v) is 10.7. The number of rotatable bonds is 6. The molecule has 3 nitrogen and oxygen atoms in total. The summed E-state index contributed by atoms with van der Waals surface area (Å²) in [6, 6.07) is 15.8. The Bertz CT molecular complexity index is 808. The molecular formula is C25H32N2O. The lowest BCUT2D eigenvalue weighted by atomic mass is 9.98. The number of fused-ring (bicyclic) bond motifs is 2. The van der Waals surface area contributed by atoms with E-state index < -0.39 is 0 Å². The molecular weight excluding hydrogens is 344 g/mol. The predicted octanol–water partition coefficient (Wildman–Crippen LogP) is 3.83. The quantitative estimate of drug-likeness (QED) is 0.777. The molecule has 2 aromatic carbocycles. The Labute approximate surface area is 169 Å². The minimum absolute atomic E-state index is 0.240. The molecule has 0 aromatic heterocycles. The molecule has 1 N–H and O–H groups in total. The van der Waals surface area contributed by atoms with E-state index >= 15 is 0 Å². The second kappa shape index (κ2) is 8.93. The third kappa shape index (κ3) is 4.31. The first-order valence-electron chi connectivity index (χ1n) is 10.7. The maximum absolute atomic E-state index is 10.2. The highest BCUT2D eigenvalue weighted by Crippen LogP contribution is 2.31. The van der Waals surface area contributed by atoms with Crippen molar-refractivity contribution < 1.29 is 5.11 Å². The predicted molar refractivity (Wildman–Crippen MR) is 117 cm³/mol. The first-order chi connectivity index (χ1) is 13.7. The summed E-state index contributed by atoms with van der Waals surface area (Å²) in [5, 5.41) is 10.2. The van der Waals surface area contributed by atoms with Gasteiger partial charge in [-0.2, -0.15) is 0 Å². The minimum Gasteiger partial charge on any atom is -0.392 e.